The number of hydrogen-bond acceptors (Lipinski definition) is 3. The summed E-state index contributed by atoms with van der Waals surface area (Å²) in [4.78, 5) is 24.7. The molecule has 1 heterocycles. The maximum Gasteiger partial charge on any atom is 0.325 e. The van der Waals surface area contributed by atoms with Gasteiger partial charge in [-0.2, -0.15) is 0 Å². The number of aliphatic hydroxyl groups excluding tert-OH is 1. The van der Waals surface area contributed by atoms with Crippen LogP contribution in [-0.2, 0) is 10.3 Å². The maximum atomic E-state index is 12.9. The van der Waals surface area contributed by atoms with Crippen molar-refractivity contribution in [2.45, 2.75) is 12.5 Å². The van der Waals surface area contributed by atoms with Crippen LogP contribution < -0.4 is 5.32 Å². The van der Waals surface area contributed by atoms with E-state index in [1.54, 1.807) is 6.92 Å². The molecule has 1 unspecified atom stereocenters. The lowest BCUT2D eigenvalue weighted by Crippen LogP contribution is -2.41. The van der Waals surface area contributed by atoms with Crippen molar-refractivity contribution in [2.75, 3.05) is 13.2 Å². The number of carbonyl (C=O) groups is 2. The van der Waals surface area contributed by atoms with E-state index in [1.807, 2.05) is 0 Å². The van der Waals surface area contributed by atoms with Crippen molar-refractivity contribution >= 4 is 11.9 Å². The molecule has 1 fully saturated rings. The van der Waals surface area contributed by atoms with E-state index in [2.05, 4.69) is 5.32 Å². The second kappa shape index (κ2) is 4.38. The third kappa shape index (κ3) is 1.84. The zero-order valence-electron chi connectivity index (χ0n) is 9.81. The maximum absolute atomic E-state index is 12.9. The van der Waals surface area contributed by atoms with Crippen molar-refractivity contribution in [3.05, 3.63) is 35.6 Å². The fraction of sp³-hybridized carbons (Fsp3) is 0.333. The molecule has 0 radical (unpaired) electrons. The van der Waals surface area contributed by atoms with Crippen LogP contribution in [0.15, 0.2) is 24.3 Å². The molecule has 1 aliphatic rings. The number of halogens is 1. The first kappa shape index (κ1) is 12.5. The Morgan fingerprint density at radius 3 is 2.50 bits per heavy atom. The van der Waals surface area contributed by atoms with Crippen LogP contribution in [0.5, 0.6) is 0 Å². The van der Waals surface area contributed by atoms with E-state index >= 15 is 0 Å². The SMILES string of the molecule is CC1(c2ccc(F)cc2)NC(=O)N(CCO)C1=O. The first-order valence-corrected chi connectivity index (χ1v) is 5.50. The number of amides is 3. The molecule has 0 spiro atoms. The summed E-state index contributed by atoms with van der Waals surface area (Å²) in [5.74, 6) is -0.862. The molecule has 1 aliphatic heterocycles. The fourth-order valence-electron chi connectivity index (χ4n) is 1.98. The standard InChI is InChI=1S/C12H13FN2O3/c1-12(8-2-4-9(13)5-3-8)10(17)15(6-7-16)11(18)14-12/h2-5,16H,6-7H2,1H3,(H,14,18). The summed E-state index contributed by atoms with van der Waals surface area (Å²) < 4.78 is 12.9. The lowest BCUT2D eigenvalue weighted by atomic mass is 9.92. The number of nitrogens with one attached hydrogen (secondary N) is 1. The molecule has 1 saturated heterocycles. The lowest BCUT2D eigenvalue weighted by Gasteiger charge is -2.22. The smallest absolute Gasteiger partial charge is 0.325 e. The molecule has 3 amide bonds. The van der Waals surface area contributed by atoms with E-state index in [0.717, 1.165) is 4.90 Å². The number of carbonyl (C=O) groups excluding carboxylic acids is 2. The molecular formula is C12H13FN2O3. The van der Waals surface area contributed by atoms with Gasteiger partial charge < -0.3 is 10.4 Å². The molecule has 2 rings (SSSR count). The number of benzene rings is 1. The number of rotatable bonds is 3. The molecule has 1 aromatic rings. The average Bonchev–Trinajstić information content (AvgIpc) is 2.55. The molecule has 1 aromatic carbocycles. The fourth-order valence-corrected chi connectivity index (χ4v) is 1.98. The molecule has 6 heteroatoms. The van der Waals surface area contributed by atoms with Crippen LogP contribution in [0, 0.1) is 5.82 Å². The zero-order chi connectivity index (χ0) is 13.3. The van der Waals surface area contributed by atoms with Gasteiger partial charge in [0, 0.05) is 0 Å². The van der Waals surface area contributed by atoms with Gasteiger partial charge >= 0.3 is 6.03 Å². The minimum Gasteiger partial charge on any atom is -0.395 e. The van der Waals surface area contributed by atoms with Gasteiger partial charge in [-0.1, -0.05) is 12.1 Å². The van der Waals surface area contributed by atoms with Gasteiger partial charge in [-0.25, -0.2) is 9.18 Å². The third-order valence-electron chi connectivity index (χ3n) is 3.02. The van der Waals surface area contributed by atoms with Crippen molar-refractivity contribution < 1.29 is 19.1 Å². The summed E-state index contributed by atoms with van der Waals surface area (Å²) in [6.07, 6.45) is 0. The minimum absolute atomic E-state index is 0.0541. The zero-order valence-corrected chi connectivity index (χ0v) is 9.81. The van der Waals surface area contributed by atoms with Crippen LogP contribution >= 0.6 is 0 Å². The van der Waals surface area contributed by atoms with E-state index in [1.165, 1.54) is 24.3 Å². The van der Waals surface area contributed by atoms with Crippen LogP contribution in [0.25, 0.3) is 0 Å². The van der Waals surface area contributed by atoms with Crippen LogP contribution in [0.3, 0.4) is 0 Å². The Hall–Kier alpha value is -1.95. The molecule has 0 bridgehead atoms. The van der Waals surface area contributed by atoms with Crippen molar-refractivity contribution in [3.8, 4) is 0 Å². The Morgan fingerprint density at radius 1 is 1.33 bits per heavy atom. The first-order valence-electron chi connectivity index (χ1n) is 5.50. The number of urea groups is 1. The van der Waals surface area contributed by atoms with E-state index in [9.17, 15) is 14.0 Å². The summed E-state index contributed by atoms with van der Waals surface area (Å²) in [7, 11) is 0. The summed E-state index contributed by atoms with van der Waals surface area (Å²) >= 11 is 0. The molecule has 18 heavy (non-hydrogen) atoms. The van der Waals surface area contributed by atoms with Crippen molar-refractivity contribution in [3.63, 3.8) is 0 Å². The normalized spacial score (nSPS) is 23.4. The van der Waals surface area contributed by atoms with E-state index in [-0.39, 0.29) is 13.2 Å². The van der Waals surface area contributed by atoms with E-state index in [0.29, 0.717) is 5.56 Å². The molecule has 96 valence electrons. The van der Waals surface area contributed by atoms with Crippen LogP contribution in [-0.4, -0.2) is 35.1 Å². The molecule has 0 aliphatic carbocycles. The largest absolute Gasteiger partial charge is 0.395 e. The number of aliphatic hydroxyl groups is 1. The van der Waals surface area contributed by atoms with Gasteiger partial charge in [0.15, 0.2) is 0 Å². The molecular weight excluding hydrogens is 239 g/mol. The predicted octanol–water partition coefficient (Wildman–Crippen LogP) is 0.585. The number of β-amino-alcohol motifs (C(OH)–C–C–N with tert-alkyl or cyclic N) is 1. The third-order valence-corrected chi connectivity index (χ3v) is 3.02. The monoisotopic (exact) mass is 252 g/mol. The highest BCUT2D eigenvalue weighted by molar-refractivity contribution is 6.07. The molecule has 0 saturated carbocycles. The Morgan fingerprint density at radius 2 is 1.94 bits per heavy atom. The topological polar surface area (TPSA) is 69.6 Å². The van der Waals surface area contributed by atoms with Gasteiger partial charge in [-0.05, 0) is 24.6 Å². The van der Waals surface area contributed by atoms with Gasteiger partial charge in [-0.15, -0.1) is 0 Å². The van der Waals surface area contributed by atoms with Gasteiger partial charge in [0.2, 0.25) is 0 Å². The molecule has 1 atom stereocenters. The highest BCUT2D eigenvalue weighted by Crippen LogP contribution is 2.28. The minimum atomic E-state index is -1.21. The van der Waals surface area contributed by atoms with E-state index in [4.69, 9.17) is 5.11 Å². The quantitative estimate of drug-likeness (QED) is 0.773. The van der Waals surface area contributed by atoms with Crippen molar-refractivity contribution in [1.82, 2.24) is 10.2 Å². The molecule has 2 N–H and O–H groups in total. The van der Waals surface area contributed by atoms with Gasteiger partial charge in [0.1, 0.15) is 11.4 Å². The van der Waals surface area contributed by atoms with Gasteiger partial charge in [0.05, 0.1) is 13.2 Å². The van der Waals surface area contributed by atoms with Crippen molar-refractivity contribution in [1.29, 1.82) is 0 Å². The van der Waals surface area contributed by atoms with Crippen LogP contribution in [0.4, 0.5) is 9.18 Å². The second-order valence-corrected chi connectivity index (χ2v) is 4.24. The summed E-state index contributed by atoms with van der Waals surface area (Å²) in [6.45, 7) is 1.21. The van der Waals surface area contributed by atoms with E-state index < -0.39 is 23.3 Å². The number of nitrogens with zero attached hydrogens (tertiary/aromatic N) is 1. The summed E-state index contributed by atoms with van der Waals surface area (Å²) in [5.41, 5.74) is -0.706. The summed E-state index contributed by atoms with van der Waals surface area (Å²) in [6, 6.07) is 4.82. The lowest BCUT2D eigenvalue weighted by molar-refractivity contribution is -0.131. The summed E-state index contributed by atoms with van der Waals surface area (Å²) in [5, 5.41) is 11.4. The second-order valence-electron chi connectivity index (χ2n) is 4.24. The highest BCUT2D eigenvalue weighted by atomic mass is 19.1. The Labute approximate surface area is 103 Å². The van der Waals surface area contributed by atoms with Crippen LogP contribution in [0.1, 0.15) is 12.5 Å². The first-order chi connectivity index (χ1) is 8.49. The van der Waals surface area contributed by atoms with Crippen LogP contribution in [0.2, 0.25) is 0 Å². The molecule has 0 aromatic heterocycles. The Balaban J connectivity index is 2.35. The van der Waals surface area contributed by atoms with Gasteiger partial charge in [-0.3, -0.25) is 9.69 Å². The number of imide groups is 1. The highest BCUT2D eigenvalue weighted by Gasteiger charge is 2.48. The molecule has 5 nitrogen and oxygen atoms in total. The predicted molar refractivity (Wildman–Crippen MR) is 61.1 cm³/mol. The Kier molecular flexibility index (Phi) is 3.04. The Bertz CT molecular complexity index is 489. The average molecular weight is 252 g/mol. The van der Waals surface area contributed by atoms with Gasteiger partial charge in [0.25, 0.3) is 5.91 Å². The number of hydrogen-bond donors (Lipinski definition) is 2. The van der Waals surface area contributed by atoms with Crippen molar-refractivity contribution in [2.24, 2.45) is 0 Å².